The van der Waals surface area contributed by atoms with Gasteiger partial charge in [0.25, 0.3) is 5.91 Å². The van der Waals surface area contributed by atoms with E-state index in [1.54, 1.807) is 19.9 Å². The van der Waals surface area contributed by atoms with Crippen LogP contribution in [0.4, 0.5) is 4.39 Å². The Balaban J connectivity index is 2.89. The first-order valence-electron chi connectivity index (χ1n) is 6.15. The third-order valence-corrected chi connectivity index (χ3v) is 2.65. The molecule has 5 heteroatoms. The average molecular weight is 276 g/mol. The summed E-state index contributed by atoms with van der Waals surface area (Å²) >= 11 is 0. The second-order valence-corrected chi connectivity index (χ2v) is 4.51. The maximum Gasteiger partial charge on any atom is 0.262 e. The van der Waals surface area contributed by atoms with Crippen molar-refractivity contribution in [1.29, 1.82) is 5.26 Å². The maximum atomic E-state index is 13.2. The molecule has 0 aliphatic heterocycles. The number of nitrogens with one attached hydrogen (secondary N) is 1. The molecule has 4 nitrogen and oxygen atoms in total. The molecule has 0 saturated heterocycles. The fourth-order valence-corrected chi connectivity index (χ4v) is 1.67. The molecule has 106 valence electrons. The SMILES string of the molecule is COCC(C)NC(=O)C(C#N)=Cc1ccc(F)c(C)c1. The highest BCUT2D eigenvalue weighted by atomic mass is 19.1. The van der Waals surface area contributed by atoms with Crippen LogP contribution in [0.15, 0.2) is 23.8 Å². The number of methoxy groups -OCH3 is 1. The number of aryl methyl sites for hydroxylation is 1. The van der Waals surface area contributed by atoms with Gasteiger partial charge >= 0.3 is 0 Å². The van der Waals surface area contributed by atoms with E-state index in [1.165, 1.54) is 25.3 Å². The summed E-state index contributed by atoms with van der Waals surface area (Å²) in [4.78, 5) is 11.9. The molecule has 0 aliphatic carbocycles. The summed E-state index contributed by atoms with van der Waals surface area (Å²) in [5, 5.41) is 11.7. The summed E-state index contributed by atoms with van der Waals surface area (Å²) in [6.07, 6.45) is 1.43. The number of amides is 1. The second-order valence-electron chi connectivity index (χ2n) is 4.51. The third kappa shape index (κ3) is 4.48. The molecule has 0 saturated carbocycles. The van der Waals surface area contributed by atoms with Gasteiger partial charge in [0.2, 0.25) is 0 Å². The molecule has 0 heterocycles. The van der Waals surface area contributed by atoms with Gasteiger partial charge in [-0.15, -0.1) is 0 Å². The van der Waals surface area contributed by atoms with Crippen LogP contribution < -0.4 is 5.32 Å². The van der Waals surface area contributed by atoms with Crippen molar-refractivity contribution in [3.63, 3.8) is 0 Å². The van der Waals surface area contributed by atoms with Gasteiger partial charge in [0.05, 0.1) is 6.61 Å². The Labute approximate surface area is 117 Å². The zero-order chi connectivity index (χ0) is 15.1. The number of hydrogen-bond acceptors (Lipinski definition) is 3. The van der Waals surface area contributed by atoms with Gasteiger partial charge in [0, 0.05) is 13.2 Å². The van der Waals surface area contributed by atoms with Gasteiger partial charge in [-0.25, -0.2) is 4.39 Å². The lowest BCUT2D eigenvalue weighted by Gasteiger charge is -2.12. The topological polar surface area (TPSA) is 62.1 Å². The fraction of sp³-hybridized carbons (Fsp3) is 0.333. The van der Waals surface area contributed by atoms with Crippen LogP contribution in [0.5, 0.6) is 0 Å². The lowest BCUT2D eigenvalue weighted by Crippen LogP contribution is -2.36. The van der Waals surface area contributed by atoms with Crippen LogP contribution in [0.1, 0.15) is 18.1 Å². The highest BCUT2D eigenvalue weighted by Crippen LogP contribution is 2.12. The van der Waals surface area contributed by atoms with Crippen molar-refractivity contribution < 1.29 is 13.9 Å². The van der Waals surface area contributed by atoms with Crippen LogP contribution in [0.3, 0.4) is 0 Å². The van der Waals surface area contributed by atoms with Crippen molar-refractivity contribution in [1.82, 2.24) is 5.32 Å². The average Bonchev–Trinajstić information content (AvgIpc) is 2.40. The van der Waals surface area contributed by atoms with Crippen LogP contribution in [0, 0.1) is 24.1 Å². The van der Waals surface area contributed by atoms with Crippen molar-refractivity contribution in [2.24, 2.45) is 0 Å². The molecule has 1 aromatic rings. The first-order chi connectivity index (χ1) is 9.47. The fourth-order valence-electron chi connectivity index (χ4n) is 1.67. The number of nitriles is 1. The predicted molar refractivity (Wildman–Crippen MR) is 74.2 cm³/mol. The standard InChI is InChI=1S/C15H17FN2O2/c1-10-6-12(4-5-14(10)16)7-13(8-17)15(19)18-11(2)9-20-3/h4-7,11H,9H2,1-3H3,(H,18,19). The molecule has 1 amide bonds. The summed E-state index contributed by atoms with van der Waals surface area (Å²) in [7, 11) is 1.53. The van der Waals surface area contributed by atoms with Crippen molar-refractivity contribution in [3.8, 4) is 6.07 Å². The number of rotatable bonds is 5. The van der Waals surface area contributed by atoms with E-state index in [4.69, 9.17) is 10.00 Å². The van der Waals surface area contributed by atoms with Gasteiger partial charge in [-0.3, -0.25) is 4.79 Å². The van der Waals surface area contributed by atoms with Crippen LogP contribution in [-0.2, 0) is 9.53 Å². The Kier molecular flexibility index (Phi) is 5.88. The first kappa shape index (κ1) is 15.9. The molecular formula is C15H17FN2O2. The van der Waals surface area contributed by atoms with Gasteiger partial charge in [-0.1, -0.05) is 6.07 Å². The summed E-state index contributed by atoms with van der Waals surface area (Å²) < 4.78 is 18.1. The molecule has 0 aromatic heterocycles. The van der Waals surface area contributed by atoms with Gasteiger partial charge in [-0.05, 0) is 43.2 Å². The van der Waals surface area contributed by atoms with Crippen molar-refractivity contribution in [3.05, 3.63) is 40.7 Å². The highest BCUT2D eigenvalue weighted by Gasteiger charge is 2.12. The van der Waals surface area contributed by atoms with Gasteiger partial charge < -0.3 is 10.1 Å². The molecule has 0 radical (unpaired) electrons. The van der Waals surface area contributed by atoms with Crippen molar-refractivity contribution in [2.45, 2.75) is 19.9 Å². The molecular weight excluding hydrogens is 259 g/mol. The van der Waals surface area contributed by atoms with Gasteiger partial charge in [-0.2, -0.15) is 5.26 Å². The highest BCUT2D eigenvalue weighted by molar-refractivity contribution is 6.01. The van der Waals surface area contributed by atoms with Crippen LogP contribution in [0.25, 0.3) is 6.08 Å². The molecule has 20 heavy (non-hydrogen) atoms. The molecule has 1 unspecified atom stereocenters. The molecule has 0 spiro atoms. The van der Waals surface area contributed by atoms with Gasteiger partial charge in [0.1, 0.15) is 17.5 Å². The zero-order valence-electron chi connectivity index (χ0n) is 11.7. The monoisotopic (exact) mass is 276 g/mol. The lowest BCUT2D eigenvalue weighted by atomic mass is 10.1. The summed E-state index contributed by atoms with van der Waals surface area (Å²) in [5.74, 6) is -0.794. The van der Waals surface area contributed by atoms with E-state index in [9.17, 15) is 9.18 Å². The van der Waals surface area contributed by atoms with Crippen molar-refractivity contribution in [2.75, 3.05) is 13.7 Å². The van der Waals surface area contributed by atoms with Crippen LogP contribution in [-0.4, -0.2) is 25.7 Å². The quantitative estimate of drug-likeness (QED) is 0.662. The summed E-state index contributed by atoms with van der Waals surface area (Å²) in [6, 6.07) is 6.06. The van der Waals surface area contributed by atoms with E-state index in [1.807, 2.05) is 6.07 Å². The summed E-state index contributed by atoms with van der Waals surface area (Å²) in [5.41, 5.74) is 1.04. The largest absolute Gasteiger partial charge is 0.383 e. The Morgan fingerprint density at radius 3 is 2.85 bits per heavy atom. The molecule has 1 N–H and O–H groups in total. The smallest absolute Gasteiger partial charge is 0.262 e. The first-order valence-corrected chi connectivity index (χ1v) is 6.15. The minimum atomic E-state index is -0.473. The molecule has 1 atom stereocenters. The molecule has 0 aliphatic rings. The minimum Gasteiger partial charge on any atom is -0.383 e. The Bertz CT molecular complexity index is 561. The number of ether oxygens (including phenoxy) is 1. The molecule has 0 bridgehead atoms. The van der Waals surface area contributed by atoms with Crippen molar-refractivity contribution >= 4 is 12.0 Å². The third-order valence-electron chi connectivity index (χ3n) is 2.65. The zero-order valence-corrected chi connectivity index (χ0v) is 11.7. The molecule has 1 rings (SSSR count). The van der Waals surface area contributed by atoms with Crippen LogP contribution in [0.2, 0.25) is 0 Å². The Morgan fingerprint density at radius 1 is 1.60 bits per heavy atom. The Hall–Kier alpha value is -2.19. The Morgan fingerprint density at radius 2 is 2.30 bits per heavy atom. The number of hydrogen-bond donors (Lipinski definition) is 1. The number of halogens is 1. The number of carbonyl (C=O) groups excluding carboxylic acids is 1. The summed E-state index contributed by atoms with van der Waals surface area (Å²) in [6.45, 7) is 3.76. The predicted octanol–water partition coefficient (Wildman–Crippen LogP) is 2.19. The minimum absolute atomic E-state index is 0.0287. The van der Waals surface area contributed by atoms with E-state index in [0.717, 1.165) is 0 Å². The number of carbonyl (C=O) groups is 1. The molecule has 1 aromatic carbocycles. The van der Waals surface area contributed by atoms with E-state index in [-0.39, 0.29) is 17.4 Å². The van der Waals surface area contributed by atoms with Gasteiger partial charge in [0.15, 0.2) is 0 Å². The van der Waals surface area contributed by atoms with E-state index >= 15 is 0 Å². The lowest BCUT2D eigenvalue weighted by molar-refractivity contribution is -0.117. The van der Waals surface area contributed by atoms with E-state index in [0.29, 0.717) is 17.7 Å². The molecule has 0 fully saturated rings. The van der Waals surface area contributed by atoms with Crippen LogP contribution >= 0.6 is 0 Å². The van der Waals surface area contributed by atoms with E-state index in [2.05, 4.69) is 5.32 Å². The number of benzene rings is 1. The normalized spacial score (nSPS) is 12.7. The maximum absolute atomic E-state index is 13.2. The second kappa shape index (κ2) is 7.41. The number of nitrogens with zero attached hydrogens (tertiary/aromatic N) is 1. The van der Waals surface area contributed by atoms with E-state index < -0.39 is 5.91 Å².